The van der Waals surface area contributed by atoms with Crippen molar-refractivity contribution >= 4 is 11.6 Å². The highest BCUT2D eigenvalue weighted by Gasteiger charge is 2.12. The van der Waals surface area contributed by atoms with Crippen molar-refractivity contribution in [1.82, 2.24) is 5.32 Å². The third-order valence-corrected chi connectivity index (χ3v) is 3.73. The Hall–Kier alpha value is -1.51. The fourth-order valence-electron chi connectivity index (χ4n) is 2.39. The Balaban J connectivity index is 1.96. The van der Waals surface area contributed by atoms with Gasteiger partial charge < -0.3 is 10.4 Å². The van der Waals surface area contributed by atoms with Gasteiger partial charge in [-0.25, -0.2) is 0 Å². The third kappa shape index (κ3) is 3.99. The van der Waals surface area contributed by atoms with Crippen LogP contribution in [0.2, 0.25) is 5.02 Å². The van der Waals surface area contributed by atoms with Crippen LogP contribution < -0.4 is 5.32 Å². The van der Waals surface area contributed by atoms with Gasteiger partial charge in [-0.2, -0.15) is 0 Å². The van der Waals surface area contributed by atoms with E-state index in [0.717, 1.165) is 17.0 Å². The lowest BCUT2D eigenvalue weighted by Crippen LogP contribution is -2.30. The van der Waals surface area contributed by atoms with Crippen LogP contribution in [0.4, 0.5) is 0 Å². The second kappa shape index (κ2) is 6.78. The summed E-state index contributed by atoms with van der Waals surface area (Å²) in [7, 11) is 0. The van der Waals surface area contributed by atoms with Crippen LogP contribution in [0.1, 0.15) is 31.0 Å². The molecule has 0 bridgehead atoms. The molecule has 0 aliphatic heterocycles. The van der Waals surface area contributed by atoms with Gasteiger partial charge in [0.25, 0.3) is 0 Å². The van der Waals surface area contributed by atoms with Crippen LogP contribution in [0.5, 0.6) is 5.75 Å². The van der Waals surface area contributed by atoms with Gasteiger partial charge in [0, 0.05) is 17.1 Å². The topological polar surface area (TPSA) is 32.3 Å². The highest BCUT2D eigenvalue weighted by molar-refractivity contribution is 6.31. The fourth-order valence-corrected chi connectivity index (χ4v) is 2.69. The summed E-state index contributed by atoms with van der Waals surface area (Å²) >= 11 is 6.21. The Bertz CT molecular complexity index is 553. The summed E-state index contributed by atoms with van der Waals surface area (Å²) in [4.78, 5) is 0. The van der Waals surface area contributed by atoms with Gasteiger partial charge in [-0.15, -0.1) is 0 Å². The maximum atomic E-state index is 9.29. The molecule has 106 valence electrons. The molecule has 0 amide bonds. The first kappa shape index (κ1) is 14.9. The standard InChI is InChI=1S/C17H20ClNO/c1-12(11-14-7-9-15(20)10-8-14)19-13(2)16-5-3-4-6-17(16)18/h3-10,12-13,19-20H,11H2,1-2H3. The Morgan fingerprint density at radius 2 is 1.70 bits per heavy atom. The Labute approximate surface area is 125 Å². The molecule has 0 aromatic heterocycles. The first-order valence-electron chi connectivity index (χ1n) is 6.84. The predicted octanol–water partition coefficient (Wildman–Crippen LogP) is 4.33. The van der Waals surface area contributed by atoms with E-state index in [0.29, 0.717) is 11.8 Å². The summed E-state index contributed by atoms with van der Waals surface area (Å²) in [5.74, 6) is 0.304. The maximum Gasteiger partial charge on any atom is 0.115 e. The van der Waals surface area contributed by atoms with Crippen molar-refractivity contribution in [2.75, 3.05) is 0 Å². The first-order chi connectivity index (χ1) is 9.56. The van der Waals surface area contributed by atoms with Crippen LogP contribution >= 0.6 is 11.6 Å². The predicted molar refractivity (Wildman–Crippen MR) is 84.3 cm³/mol. The Morgan fingerprint density at radius 3 is 2.35 bits per heavy atom. The van der Waals surface area contributed by atoms with E-state index in [-0.39, 0.29) is 6.04 Å². The Kier molecular flexibility index (Phi) is 5.05. The van der Waals surface area contributed by atoms with Gasteiger partial charge in [-0.1, -0.05) is 41.9 Å². The van der Waals surface area contributed by atoms with Crippen molar-refractivity contribution in [2.24, 2.45) is 0 Å². The zero-order chi connectivity index (χ0) is 14.5. The lowest BCUT2D eigenvalue weighted by Gasteiger charge is -2.21. The molecule has 2 aromatic carbocycles. The van der Waals surface area contributed by atoms with E-state index >= 15 is 0 Å². The number of phenolic OH excluding ortho intramolecular Hbond substituents is 1. The van der Waals surface area contributed by atoms with E-state index in [1.807, 2.05) is 36.4 Å². The van der Waals surface area contributed by atoms with Crippen LogP contribution in [0.15, 0.2) is 48.5 Å². The van der Waals surface area contributed by atoms with E-state index in [1.165, 1.54) is 5.56 Å². The zero-order valence-corrected chi connectivity index (χ0v) is 12.6. The van der Waals surface area contributed by atoms with E-state index in [1.54, 1.807) is 12.1 Å². The molecular weight excluding hydrogens is 270 g/mol. The number of benzene rings is 2. The molecule has 2 nitrogen and oxygen atoms in total. The van der Waals surface area contributed by atoms with Crippen LogP contribution in [-0.4, -0.2) is 11.1 Å². The molecule has 0 aliphatic carbocycles. The maximum absolute atomic E-state index is 9.29. The molecule has 0 fully saturated rings. The summed E-state index contributed by atoms with van der Waals surface area (Å²) in [6.45, 7) is 4.27. The quantitative estimate of drug-likeness (QED) is 0.859. The molecule has 2 unspecified atom stereocenters. The van der Waals surface area contributed by atoms with Gasteiger partial charge in [-0.3, -0.25) is 0 Å². The molecular formula is C17H20ClNO. The molecule has 2 N–H and O–H groups in total. The summed E-state index contributed by atoms with van der Waals surface area (Å²) < 4.78 is 0. The van der Waals surface area contributed by atoms with Gasteiger partial charge in [0.05, 0.1) is 0 Å². The number of nitrogens with one attached hydrogen (secondary N) is 1. The molecule has 2 aromatic rings. The van der Waals surface area contributed by atoms with Crippen LogP contribution in [0.25, 0.3) is 0 Å². The smallest absolute Gasteiger partial charge is 0.115 e. The minimum atomic E-state index is 0.204. The summed E-state index contributed by atoms with van der Waals surface area (Å²) in [6, 6.07) is 15.8. The van der Waals surface area contributed by atoms with Crippen molar-refractivity contribution in [2.45, 2.75) is 32.4 Å². The van der Waals surface area contributed by atoms with Gasteiger partial charge in [0.1, 0.15) is 5.75 Å². The highest BCUT2D eigenvalue weighted by atomic mass is 35.5. The molecule has 20 heavy (non-hydrogen) atoms. The summed E-state index contributed by atoms with van der Waals surface area (Å²) in [6.07, 6.45) is 0.912. The van der Waals surface area contributed by atoms with E-state index in [4.69, 9.17) is 11.6 Å². The van der Waals surface area contributed by atoms with Gasteiger partial charge in [-0.05, 0) is 49.6 Å². The minimum absolute atomic E-state index is 0.204. The SMILES string of the molecule is CC(Cc1ccc(O)cc1)NC(C)c1ccccc1Cl. The first-order valence-corrected chi connectivity index (χ1v) is 7.22. The van der Waals surface area contributed by atoms with Gasteiger partial charge in [0.2, 0.25) is 0 Å². The molecule has 2 rings (SSSR count). The van der Waals surface area contributed by atoms with Crippen molar-refractivity contribution in [1.29, 1.82) is 0 Å². The normalized spacial score (nSPS) is 13.9. The lowest BCUT2D eigenvalue weighted by atomic mass is 10.0. The van der Waals surface area contributed by atoms with Gasteiger partial charge >= 0.3 is 0 Å². The fraction of sp³-hybridized carbons (Fsp3) is 0.294. The number of aromatic hydroxyl groups is 1. The number of halogens is 1. The molecule has 0 aliphatic rings. The number of hydrogen-bond donors (Lipinski definition) is 2. The number of hydrogen-bond acceptors (Lipinski definition) is 2. The lowest BCUT2D eigenvalue weighted by molar-refractivity contribution is 0.470. The third-order valence-electron chi connectivity index (χ3n) is 3.38. The van der Waals surface area contributed by atoms with E-state index in [2.05, 4.69) is 19.2 Å². The largest absolute Gasteiger partial charge is 0.508 e. The zero-order valence-electron chi connectivity index (χ0n) is 11.8. The second-order valence-corrected chi connectivity index (χ2v) is 5.59. The monoisotopic (exact) mass is 289 g/mol. The van der Waals surface area contributed by atoms with E-state index < -0.39 is 0 Å². The molecule has 0 spiro atoms. The molecule has 0 saturated heterocycles. The molecule has 0 radical (unpaired) electrons. The molecule has 0 heterocycles. The second-order valence-electron chi connectivity index (χ2n) is 5.18. The molecule has 3 heteroatoms. The highest BCUT2D eigenvalue weighted by Crippen LogP contribution is 2.23. The van der Waals surface area contributed by atoms with E-state index in [9.17, 15) is 5.11 Å². The van der Waals surface area contributed by atoms with Crippen LogP contribution in [-0.2, 0) is 6.42 Å². The summed E-state index contributed by atoms with van der Waals surface area (Å²) in [5, 5.41) is 13.6. The van der Waals surface area contributed by atoms with Crippen molar-refractivity contribution < 1.29 is 5.11 Å². The van der Waals surface area contributed by atoms with Crippen molar-refractivity contribution in [3.05, 3.63) is 64.7 Å². The Morgan fingerprint density at radius 1 is 1.05 bits per heavy atom. The minimum Gasteiger partial charge on any atom is -0.508 e. The van der Waals surface area contributed by atoms with Crippen molar-refractivity contribution in [3.63, 3.8) is 0 Å². The average molecular weight is 290 g/mol. The number of phenols is 1. The van der Waals surface area contributed by atoms with Crippen molar-refractivity contribution in [3.8, 4) is 5.75 Å². The summed E-state index contributed by atoms with van der Waals surface area (Å²) in [5.41, 5.74) is 2.32. The van der Waals surface area contributed by atoms with Crippen LogP contribution in [0, 0.1) is 0 Å². The van der Waals surface area contributed by atoms with Gasteiger partial charge in [0.15, 0.2) is 0 Å². The molecule has 2 atom stereocenters. The number of rotatable bonds is 5. The molecule has 0 saturated carbocycles. The van der Waals surface area contributed by atoms with Crippen LogP contribution in [0.3, 0.4) is 0 Å². The average Bonchev–Trinajstić information content (AvgIpc) is 2.41.